The van der Waals surface area contributed by atoms with E-state index in [2.05, 4.69) is 25.6 Å². The van der Waals surface area contributed by atoms with Crippen LogP contribution in [0.4, 0.5) is 11.4 Å². The van der Waals surface area contributed by atoms with E-state index in [4.69, 9.17) is 0 Å². The highest BCUT2D eigenvalue weighted by atomic mass is 16.6. The van der Waals surface area contributed by atoms with Crippen molar-refractivity contribution in [3.05, 3.63) is 69.8 Å². The van der Waals surface area contributed by atoms with Crippen LogP contribution < -0.4 is 5.32 Å². The van der Waals surface area contributed by atoms with Crippen molar-refractivity contribution in [1.82, 2.24) is 25.0 Å². The number of anilines is 1. The molecule has 1 saturated carbocycles. The van der Waals surface area contributed by atoms with Crippen molar-refractivity contribution in [2.24, 2.45) is 0 Å². The first-order valence-electron chi connectivity index (χ1n) is 9.98. The Labute approximate surface area is 176 Å². The third-order valence-corrected chi connectivity index (χ3v) is 5.64. The van der Waals surface area contributed by atoms with Gasteiger partial charge in [0.2, 0.25) is 0 Å². The summed E-state index contributed by atoms with van der Waals surface area (Å²) in [5, 5.41) is 21.9. The van der Waals surface area contributed by atoms with Crippen LogP contribution in [0.2, 0.25) is 0 Å². The number of non-ortho nitro benzene ring substituents is 1. The molecule has 1 fully saturated rings. The first-order valence-corrected chi connectivity index (χ1v) is 9.98. The summed E-state index contributed by atoms with van der Waals surface area (Å²) < 4.78 is 1.41. The molecule has 2 N–H and O–H groups in total. The standard InChI is InChI=1S/C21H19N7O3/c1-12-19(25-26-27(12)15-6-3-7-16(11-15)28(30)31)21(29)22-14-8-9-17-18(10-14)24-20(23-17)13-4-2-5-13/h3,6-11,13H,2,4-5H2,1H3,(H,22,29)(H,23,24). The summed E-state index contributed by atoms with van der Waals surface area (Å²) in [5.74, 6) is 1.09. The molecular formula is C21H19N7O3. The second kappa shape index (κ2) is 7.31. The Morgan fingerprint density at radius 3 is 2.84 bits per heavy atom. The van der Waals surface area contributed by atoms with Gasteiger partial charge in [-0.3, -0.25) is 14.9 Å². The number of hydrogen-bond acceptors (Lipinski definition) is 6. The highest BCUT2D eigenvalue weighted by Crippen LogP contribution is 2.35. The monoisotopic (exact) mass is 417 g/mol. The molecule has 0 spiro atoms. The number of H-pyrrole nitrogens is 1. The van der Waals surface area contributed by atoms with Crippen molar-refractivity contribution < 1.29 is 9.72 Å². The minimum atomic E-state index is -0.481. The van der Waals surface area contributed by atoms with E-state index in [0.717, 1.165) is 29.7 Å². The smallest absolute Gasteiger partial charge is 0.278 e. The SMILES string of the molecule is Cc1c(C(=O)Nc2ccc3nc(C4CCC4)[nH]c3c2)nnn1-c1cccc([N+](=O)[O-])c1. The fraction of sp³-hybridized carbons (Fsp3) is 0.238. The third kappa shape index (κ3) is 3.41. The number of nitrogens with zero attached hydrogens (tertiary/aromatic N) is 5. The largest absolute Gasteiger partial charge is 0.342 e. The molecule has 31 heavy (non-hydrogen) atoms. The van der Waals surface area contributed by atoms with Gasteiger partial charge in [-0.15, -0.1) is 5.10 Å². The van der Waals surface area contributed by atoms with E-state index in [1.165, 1.54) is 23.2 Å². The van der Waals surface area contributed by atoms with E-state index in [9.17, 15) is 14.9 Å². The van der Waals surface area contributed by atoms with Gasteiger partial charge in [0.15, 0.2) is 5.69 Å². The zero-order valence-corrected chi connectivity index (χ0v) is 16.7. The first kappa shape index (κ1) is 18.9. The van der Waals surface area contributed by atoms with Gasteiger partial charge in [-0.25, -0.2) is 9.67 Å². The van der Waals surface area contributed by atoms with Crippen LogP contribution in [0.15, 0.2) is 42.5 Å². The van der Waals surface area contributed by atoms with Gasteiger partial charge in [0.25, 0.3) is 11.6 Å². The van der Waals surface area contributed by atoms with Gasteiger partial charge in [0.1, 0.15) is 5.82 Å². The molecule has 0 atom stereocenters. The lowest BCUT2D eigenvalue weighted by Gasteiger charge is -2.22. The number of nitro benzene ring substituents is 1. The Balaban J connectivity index is 1.38. The lowest BCUT2D eigenvalue weighted by molar-refractivity contribution is -0.384. The summed E-state index contributed by atoms with van der Waals surface area (Å²) in [6.45, 7) is 1.69. The number of nitro groups is 1. The molecule has 0 saturated heterocycles. The lowest BCUT2D eigenvalue weighted by Crippen LogP contribution is -2.14. The zero-order chi connectivity index (χ0) is 21.5. The number of hydrogen-bond donors (Lipinski definition) is 2. The molecule has 5 rings (SSSR count). The minimum absolute atomic E-state index is 0.0625. The molecule has 156 valence electrons. The van der Waals surface area contributed by atoms with Crippen LogP contribution in [0, 0.1) is 17.0 Å². The van der Waals surface area contributed by atoms with Crippen LogP contribution in [-0.2, 0) is 0 Å². The van der Waals surface area contributed by atoms with E-state index < -0.39 is 10.8 Å². The van der Waals surface area contributed by atoms with Gasteiger partial charge < -0.3 is 10.3 Å². The van der Waals surface area contributed by atoms with E-state index >= 15 is 0 Å². The molecule has 1 amide bonds. The molecule has 0 unspecified atom stereocenters. The molecular weight excluding hydrogens is 398 g/mol. The molecule has 2 heterocycles. The molecule has 4 aromatic rings. The van der Waals surface area contributed by atoms with E-state index in [1.807, 2.05) is 12.1 Å². The number of rotatable bonds is 5. The molecule has 10 nitrogen and oxygen atoms in total. The van der Waals surface area contributed by atoms with Crippen LogP contribution in [-0.4, -0.2) is 35.8 Å². The first-order chi connectivity index (χ1) is 15.0. The predicted molar refractivity (Wildman–Crippen MR) is 113 cm³/mol. The maximum atomic E-state index is 12.8. The van der Waals surface area contributed by atoms with Crippen LogP contribution in [0.3, 0.4) is 0 Å². The summed E-state index contributed by atoms with van der Waals surface area (Å²) in [6, 6.07) is 11.5. The number of aromatic amines is 1. The van der Waals surface area contributed by atoms with Crippen LogP contribution in [0.5, 0.6) is 0 Å². The second-order valence-electron chi connectivity index (χ2n) is 7.65. The Morgan fingerprint density at radius 1 is 1.26 bits per heavy atom. The average molecular weight is 417 g/mol. The Bertz CT molecular complexity index is 1320. The lowest BCUT2D eigenvalue weighted by atomic mass is 9.85. The van der Waals surface area contributed by atoms with Gasteiger partial charge >= 0.3 is 0 Å². The zero-order valence-electron chi connectivity index (χ0n) is 16.7. The van der Waals surface area contributed by atoms with E-state index in [1.54, 1.807) is 25.1 Å². The number of benzene rings is 2. The number of fused-ring (bicyclic) bond motifs is 1. The van der Waals surface area contributed by atoms with E-state index in [-0.39, 0.29) is 11.4 Å². The third-order valence-electron chi connectivity index (χ3n) is 5.64. The predicted octanol–water partition coefficient (Wildman–Crippen LogP) is 3.88. The van der Waals surface area contributed by atoms with E-state index in [0.29, 0.717) is 23.0 Å². The molecule has 1 aliphatic carbocycles. The molecule has 0 aliphatic heterocycles. The minimum Gasteiger partial charge on any atom is -0.342 e. The second-order valence-corrected chi connectivity index (χ2v) is 7.65. The number of amides is 1. The molecule has 0 bridgehead atoms. The summed E-state index contributed by atoms with van der Waals surface area (Å²) in [5.41, 5.74) is 3.38. The van der Waals surface area contributed by atoms with Crippen molar-refractivity contribution in [2.75, 3.05) is 5.32 Å². The molecule has 2 aromatic carbocycles. The Hall–Kier alpha value is -4.08. The molecule has 1 aliphatic rings. The number of nitrogens with one attached hydrogen (secondary N) is 2. The van der Waals surface area contributed by atoms with Crippen LogP contribution in [0.25, 0.3) is 16.7 Å². The molecule has 0 radical (unpaired) electrons. The fourth-order valence-corrected chi connectivity index (χ4v) is 3.69. The van der Waals surface area contributed by atoms with Crippen LogP contribution >= 0.6 is 0 Å². The van der Waals surface area contributed by atoms with Gasteiger partial charge in [0.05, 0.1) is 27.3 Å². The van der Waals surface area contributed by atoms with Gasteiger partial charge in [-0.1, -0.05) is 17.7 Å². The van der Waals surface area contributed by atoms with Crippen molar-refractivity contribution in [1.29, 1.82) is 0 Å². The summed E-state index contributed by atoms with van der Waals surface area (Å²) in [4.78, 5) is 31.3. The van der Waals surface area contributed by atoms with Gasteiger partial charge in [0, 0.05) is 23.7 Å². The van der Waals surface area contributed by atoms with Crippen molar-refractivity contribution in [2.45, 2.75) is 32.1 Å². The molecule has 10 heteroatoms. The summed E-state index contributed by atoms with van der Waals surface area (Å²) >= 11 is 0. The van der Waals surface area contributed by atoms with Crippen molar-refractivity contribution in [3.63, 3.8) is 0 Å². The van der Waals surface area contributed by atoms with Crippen molar-refractivity contribution >= 4 is 28.3 Å². The van der Waals surface area contributed by atoms with Crippen LogP contribution in [0.1, 0.15) is 47.2 Å². The maximum absolute atomic E-state index is 12.8. The van der Waals surface area contributed by atoms with Gasteiger partial charge in [-0.2, -0.15) is 0 Å². The summed E-state index contributed by atoms with van der Waals surface area (Å²) in [6.07, 6.45) is 3.55. The van der Waals surface area contributed by atoms with Gasteiger partial charge in [-0.05, 0) is 44.0 Å². The highest BCUT2D eigenvalue weighted by Gasteiger charge is 2.23. The normalized spacial score (nSPS) is 13.8. The maximum Gasteiger partial charge on any atom is 0.278 e. The number of carbonyl (C=O) groups excluding carboxylic acids is 1. The Morgan fingerprint density at radius 2 is 2.10 bits per heavy atom. The number of imidazole rings is 1. The van der Waals surface area contributed by atoms with Crippen molar-refractivity contribution in [3.8, 4) is 5.69 Å². The summed E-state index contributed by atoms with van der Waals surface area (Å²) in [7, 11) is 0. The quantitative estimate of drug-likeness (QED) is 0.374. The topological polar surface area (TPSA) is 132 Å². The highest BCUT2D eigenvalue weighted by molar-refractivity contribution is 6.04. The average Bonchev–Trinajstić information content (AvgIpc) is 3.29. The molecule has 2 aromatic heterocycles. The number of carbonyl (C=O) groups is 1. The number of aromatic nitrogens is 5. The Kier molecular flexibility index (Phi) is 4.46. The fourth-order valence-electron chi connectivity index (χ4n) is 3.69.